The van der Waals surface area contributed by atoms with E-state index in [0.29, 0.717) is 23.5 Å². The third kappa shape index (κ3) is 2.67. The first-order valence-corrected chi connectivity index (χ1v) is 7.22. The molecule has 0 fully saturated rings. The Morgan fingerprint density at radius 1 is 0.952 bits per heavy atom. The van der Waals surface area contributed by atoms with Gasteiger partial charge in [-0.2, -0.15) is 0 Å². The summed E-state index contributed by atoms with van der Waals surface area (Å²) in [5.74, 6) is 0.00894. The summed E-state index contributed by atoms with van der Waals surface area (Å²) >= 11 is 3.13. The molecule has 1 aliphatic rings. The van der Waals surface area contributed by atoms with Crippen LogP contribution in [0.25, 0.3) is 0 Å². The summed E-state index contributed by atoms with van der Waals surface area (Å²) in [6.45, 7) is 0.347. The third-order valence-corrected chi connectivity index (χ3v) is 3.82. The van der Waals surface area contributed by atoms with Crippen LogP contribution in [0.5, 0.6) is 5.75 Å². The fraction of sp³-hybridized carbons (Fsp3) is 0.0588. The van der Waals surface area contributed by atoms with Gasteiger partial charge in [-0.3, -0.25) is 9.59 Å². The molecule has 0 saturated heterocycles. The molecule has 104 valence electrons. The topological polar surface area (TPSA) is 43.4 Å². The van der Waals surface area contributed by atoms with E-state index in [4.69, 9.17) is 4.74 Å². The Bertz CT molecular complexity index is 748. The van der Waals surface area contributed by atoms with Crippen molar-refractivity contribution in [2.24, 2.45) is 0 Å². The van der Waals surface area contributed by atoms with E-state index in [1.807, 2.05) is 30.3 Å². The molecule has 0 N–H and O–H groups in total. The lowest BCUT2D eigenvalue weighted by Gasteiger charge is -2.16. The van der Waals surface area contributed by atoms with E-state index in [-0.39, 0.29) is 16.0 Å². The van der Waals surface area contributed by atoms with Crippen molar-refractivity contribution >= 4 is 27.5 Å². The van der Waals surface area contributed by atoms with Crippen molar-refractivity contribution in [3.8, 4) is 5.75 Å². The second-order valence-corrected chi connectivity index (χ2v) is 5.49. The zero-order valence-electron chi connectivity index (χ0n) is 11.0. The number of allylic oxidation sites excluding steroid dienone is 2. The van der Waals surface area contributed by atoms with Crippen molar-refractivity contribution in [2.75, 3.05) is 0 Å². The maximum Gasteiger partial charge on any atom is 0.204 e. The molecule has 21 heavy (non-hydrogen) atoms. The quantitative estimate of drug-likeness (QED) is 0.848. The molecule has 0 radical (unpaired) electrons. The number of ketones is 2. The highest BCUT2D eigenvalue weighted by molar-refractivity contribution is 9.12. The van der Waals surface area contributed by atoms with Gasteiger partial charge in [-0.05, 0) is 27.6 Å². The molecule has 0 aliphatic heterocycles. The van der Waals surface area contributed by atoms with Gasteiger partial charge in [0, 0.05) is 11.6 Å². The molecule has 0 heterocycles. The van der Waals surface area contributed by atoms with Gasteiger partial charge in [0.15, 0.2) is 5.78 Å². The van der Waals surface area contributed by atoms with E-state index in [9.17, 15) is 9.59 Å². The fourth-order valence-corrected chi connectivity index (χ4v) is 2.61. The number of hydrogen-bond acceptors (Lipinski definition) is 3. The van der Waals surface area contributed by atoms with Crippen LogP contribution < -0.4 is 4.74 Å². The smallest absolute Gasteiger partial charge is 0.204 e. The number of carbonyl (C=O) groups is 2. The largest absolute Gasteiger partial charge is 0.488 e. The first-order chi connectivity index (χ1) is 10.2. The lowest BCUT2D eigenvalue weighted by Crippen LogP contribution is -2.16. The average molecular weight is 343 g/mol. The molecular weight excluding hydrogens is 332 g/mol. The van der Waals surface area contributed by atoms with E-state index in [1.54, 1.807) is 18.2 Å². The first-order valence-electron chi connectivity index (χ1n) is 6.43. The number of Topliss-reactive ketones (excluding diaryl/α,β-unsaturated/α-hetero) is 1. The van der Waals surface area contributed by atoms with Crippen LogP contribution in [-0.4, -0.2) is 11.6 Å². The molecular formula is C17H11BrO3. The minimum Gasteiger partial charge on any atom is -0.488 e. The van der Waals surface area contributed by atoms with Crippen LogP contribution in [0.1, 0.15) is 26.3 Å². The Labute approximate surface area is 130 Å². The van der Waals surface area contributed by atoms with Crippen LogP contribution in [0.3, 0.4) is 0 Å². The minimum atomic E-state index is -0.228. The van der Waals surface area contributed by atoms with E-state index in [2.05, 4.69) is 15.9 Å². The second kappa shape index (κ2) is 5.66. The summed E-state index contributed by atoms with van der Waals surface area (Å²) in [5.41, 5.74) is 1.71. The molecule has 0 atom stereocenters. The fourth-order valence-electron chi connectivity index (χ4n) is 2.20. The van der Waals surface area contributed by atoms with E-state index < -0.39 is 0 Å². The number of benzene rings is 2. The lowest BCUT2D eigenvalue weighted by molar-refractivity contribution is 0.0988. The van der Waals surface area contributed by atoms with Gasteiger partial charge in [0.25, 0.3) is 0 Å². The molecule has 0 saturated carbocycles. The Kier molecular flexibility index (Phi) is 3.71. The van der Waals surface area contributed by atoms with Crippen LogP contribution in [-0.2, 0) is 6.61 Å². The standard InChI is InChI=1S/C17H11BrO3/c18-13-9-14(19)12-7-4-8-15(16(12)17(13)20)21-10-11-5-2-1-3-6-11/h1-9H,10H2. The molecule has 0 amide bonds. The van der Waals surface area contributed by atoms with Crippen molar-refractivity contribution in [2.45, 2.75) is 6.61 Å². The summed E-state index contributed by atoms with van der Waals surface area (Å²) in [4.78, 5) is 24.2. The zero-order valence-corrected chi connectivity index (χ0v) is 12.6. The number of ether oxygens (including phenoxy) is 1. The number of carbonyl (C=O) groups excluding carboxylic acids is 2. The normalized spacial score (nSPS) is 13.7. The molecule has 0 bridgehead atoms. The Hall–Kier alpha value is -2.20. The summed E-state index contributed by atoms with van der Waals surface area (Å²) in [6, 6.07) is 14.7. The van der Waals surface area contributed by atoms with E-state index in [0.717, 1.165) is 5.56 Å². The maximum absolute atomic E-state index is 12.2. The number of hydrogen-bond donors (Lipinski definition) is 0. The van der Waals surface area contributed by atoms with Gasteiger partial charge in [-0.1, -0.05) is 42.5 Å². The predicted octanol–water partition coefficient (Wildman–Crippen LogP) is 3.92. The zero-order chi connectivity index (χ0) is 14.8. The van der Waals surface area contributed by atoms with Crippen molar-refractivity contribution in [1.29, 1.82) is 0 Å². The Balaban J connectivity index is 1.93. The summed E-state index contributed by atoms with van der Waals surface area (Å²) in [5, 5.41) is 0. The van der Waals surface area contributed by atoms with E-state index in [1.165, 1.54) is 6.08 Å². The van der Waals surface area contributed by atoms with Gasteiger partial charge in [0.2, 0.25) is 5.78 Å². The predicted molar refractivity (Wildman–Crippen MR) is 82.9 cm³/mol. The van der Waals surface area contributed by atoms with Crippen molar-refractivity contribution < 1.29 is 14.3 Å². The molecule has 0 unspecified atom stereocenters. The monoisotopic (exact) mass is 342 g/mol. The lowest BCUT2D eigenvalue weighted by atomic mass is 9.94. The SMILES string of the molecule is O=C1C=C(Br)C(=O)c2c(OCc3ccccc3)cccc21. The van der Waals surface area contributed by atoms with Gasteiger partial charge >= 0.3 is 0 Å². The molecule has 0 aromatic heterocycles. The molecule has 3 rings (SSSR count). The van der Waals surface area contributed by atoms with Gasteiger partial charge in [0.1, 0.15) is 12.4 Å². The molecule has 4 heteroatoms. The summed E-state index contributed by atoms with van der Waals surface area (Å²) in [6.07, 6.45) is 1.30. The van der Waals surface area contributed by atoms with Crippen LogP contribution >= 0.6 is 15.9 Å². The number of rotatable bonds is 3. The second-order valence-electron chi connectivity index (χ2n) is 4.64. The van der Waals surface area contributed by atoms with Crippen LogP contribution in [0.4, 0.5) is 0 Å². The average Bonchev–Trinajstić information content (AvgIpc) is 2.51. The molecule has 2 aromatic rings. The van der Waals surface area contributed by atoms with Crippen molar-refractivity contribution in [3.63, 3.8) is 0 Å². The van der Waals surface area contributed by atoms with Gasteiger partial charge in [0.05, 0.1) is 10.0 Å². The maximum atomic E-state index is 12.2. The highest BCUT2D eigenvalue weighted by Gasteiger charge is 2.27. The van der Waals surface area contributed by atoms with Crippen LogP contribution in [0.2, 0.25) is 0 Å². The first kappa shape index (κ1) is 13.8. The molecule has 1 aliphatic carbocycles. The molecule has 3 nitrogen and oxygen atoms in total. The van der Waals surface area contributed by atoms with E-state index >= 15 is 0 Å². The molecule has 2 aromatic carbocycles. The van der Waals surface area contributed by atoms with Gasteiger partial charge in [-0.15, -0.1) is 0 Å². The van der Waals surface area contributed by atoms with Gasteiger partial charge < -0.3 is 4.74 Å². The summed E-state index contributed by atoms with van der Waals surface area (Å²) < 4.78 is 6.00. The van der Waals surface area contributed by atoms with Crippen LogP contribution in [0, 0.1) is 0 Å². The van der Waals surface area contributed by atoms with Crippen LogP contribution in [0.15, 0.2) is 59.1 Å². The van der Waals surface area contributed by atoms with Gasteiger partial charge in [-0.25, -0.2) is 0 Å². The molecule has 0 spiro atoms. The highest BCUT2D eigenvalue weighted by Crippen LogP contribution is 2.32. The minimum absolute atomic E-state index is 0.193. The Morgan fingerprint density at radius 2 is 1.71 bits per heavy atom. The Morgan fingerprint density at radius 3 is 2.48 bits per heavy atom. The third-order valence-electron chi connectivity index (χ3n) is 3.23. The number of halogens is 1. The van der Waals surface area contributed by atoms with Crippen molar-refractivity contribution in [3.05, 3.63) is 75.8 Å². The highest BCUT2D eigenvalue weighted by atomic mass is 79.9. The number of fused-ring (bicyclic) bond motifs is 1. The summed E-state index contributed by atoms with van der Waals surface area (Å²) in [7, 11) is 0. The van der Waals surface area contributed by atoms with Crippen molar-refractivity contribution in [1.82, 2.24) is 0 Å².